The molecular weight excluding hydrogens is 491 g/mol. The fourth-order valence-corrected chi connectivity index (χ4v) is 6.65. The van der Waals surface area contributed by atoms with Gasteiger partial charge in [0.25, 0.3) is 0 Å². The Hall–Kier alpha value is -1.79. The zero-order valence-electron chi connectivity index (χ0n) is 21.0. The van der Waals surface area contributed by atoms with Crippen LogP contribution in [0.15, 0.2) is 48.5 Å². The summed E-state index contributed by atoms with van der Waals surface area (Å²) >= 11 is 12.1. The third-order valence-corrected chi connectivity index (χ3v) is 9.12. The molecular formula is C29H38Cl2N4O. The Labute approximate surface area is 225 Å². The zero-order chi connectivity index (χ0) is 24.9. The summed E-state index contributed by atoms with van der Waals surface area (Å²) in [5.41, 5.74) is 2.20. The minimum absolute atomic E-state index is 0.0667. The molecule has 3 aliphatic rings. The fraction of sp³-hybridized carbons (Fsp3) is 0.552. The predicted octanol–water partition coefficient (Wildman–Crippen LogP) is 6.58. The van der Waals surface area contributed by atoms with Gasteiger partial charge in [-0.1, -0.05) is 53.5 Å². The van der Waals surface area contributed by atoms with Crippen molar-refractivity contribution in [3.63, 3.8) is 0 Å². The van der Waals surface area contributed by atoms with Crippen molar-refractivity contribution >= 4 is 34.9 Å². The first-order chi connectivity index (χ1) is 17.5. The number of amides is 2. The van der Waals surface area contributed by atoms with E-state index in [1.165, 1.54) is 57.2 Å². The molecule has 1 aliphatic carbocycles. The number of nitrogens with zero attached hydrogens (tertiary/aromatic N) is 3. The molecule has 2 amide bonds. The summed E-state index contributed by atoms with van der Waals surface area (Å²) in [4.78, 5) is 20.0. The van der Waals surface area contributed by atoms with Crippen molar-refractivity contribution in [2.75, 3.05) is 51.1 Å². The third-order valence-electron chi connectivity index (χ3n) is 8.38. The van der Waals surface area contributed by atoms with E-state index < -0.39 is 0 Å². The maximum atomic E-state index is 12.7. The number of urea groups is 1. The number of anilines is 1. The first-order valence-corrected chi connectivity index (χ1v) is 14.3. The van der Waals surface area contributed by atoms with Crippen molar-refractivity contribution in [1.29, 1.82) is 0 Å². The molecule has 5 rings (SSSR count). The molecule has 2 saturated heterocycles. The maximum Gasteiger partial charge on any atom is 0.321 e. The molecule has 2 aliphatic heterocycles. The maximum absolute atomic E-state index is 12.7. The average molecular weight is 530 g/mol. The lowest BCUT2D eigenvalue weighted by atomic mass is 9.80. The molecule has 0 unspecified atom stereocenters. The molecule has 0 radical (unpaired) electrons. The predicted molar refractivity (Wildman–Crippen MR) is 149 cm³/mol. The number of likely N-dealkylation sites (tertiary alicyclic amines) is 1. The van der Waals surface area contributed by atoms with Crippen molar-refractivity contribution in [3.05, 3.63) is 64.1 Å². The summed E-state index contributed by atoms with van der Waals surface area (Å²) in [5.74, 6) is 1.48. The molecule has 5 nitrogen and oxygen atoms in total. The highest BCUT2D eigenvalue weighted by molar-refractivity contribution is 6.42. The van der Waals surface area contributed by atoms with Gasteiger partial charge in [-0.3, -0.25) is 4.90 Å². The zero-order valence-corrected chi connectivity index (χ0v) is 22.6. The molecule has 1 saturated carbocycles. The Bertz CT molecular complexity index is 1000. The van der Waals surface area contributed by atoms with Gasteiger partial charge in [-0.2, -0.15) is 0 Å². The Morgan fingerprint density at radius 2 is 1.61 bits per heavy atom. The first kappa shape index (κ1) is 25.8. The van der Waals surface area contributed by atoms with Crippen LogP contribution < -0.4 is 5.32 Å². The van der Waals surface area contributed by atoms with Crippen molar-refractivity contribution in [2.45, 2.75) is 50.5 Å². The van der Waals surface area contributed by atoms with E-state index in [4.69, 9.17) is 23.2 Å². The van der Waals surface area contributed by atoms with E-state index >= 15 is 0 Å². The van der Waals surface area contributed by atoms with E-state index in [2.05, 4.69) is 45.4 Å². The van der Waals surface area contributed by atoms with Gasteiger partial charge in [-0.25, -0.2) is 4.79 Å². The summed E-state index contributed by atoms with van der Waals surface area (Å²) in [6, 6.07) is 17.0. The second-order valence-corrected chi connectivity index (χ2v) is 11.6. The molecule has 0 aromatic heterocycles. The lowest BCUT2D eigenvalue weighted by Crippen LogP contribution is -2.52. The summed E-state index contributed by atoms with van der Waals surface area (Å²) in [6.45, 7) is 7.04. The number of carbonyl (C=O) groups is 1. The van der Waals surface area contributed by atoms with Gasteiger partial charge in [0.2, 0.25) is 0 Å². The standard InChI is InChI=1S/C29H38Cl2N4O/c30-27-13-10-25(19-28(27)31)32-29(36)34-17-15-33(16-18-34)20-22-5-4-14-35(21-22)26-11-8-24(9-12-26)23-6-2-1-3-7-23/h1-3,6-7,10,13,19,22,24,26H,4-5,8-9,11-12,14-18,20-21H2,(H,32,36)/t22-,24?,26?/m0/s1. The Morgan fingerprint density at radius 3 is 2.33 bits per heavy atom. The van der Waals surface area contributed by atoms with Crippen LogP contribution in [-0.4, -0.2) is 72.6 Å². The number of piperidine rings is 1. The van der Waals surface area contributed by atoms with Crippen molar-refractivity contribution in [1.82, 2.24) is 14.7 Å². The second-order valence-electron chi connectivity index (χ2n) is 10.8. The number of rotatable bonds is 5. The van der Waals surface area contributed by atoms with Crippen molar-refractivity contribution < 1.29 is 4.79 Å². The number of nitrogens with one attached hydrogen (secondary N) is 1. The number of hydrogen-bond acceptors (Lipinski definition) is 3. The van der Waals surface area contributed by atoms with Crippen LogP contribution in [0.25, 0.3) is 0 Å². The fourth-order valence-electron chi connectivity index (χ4n) is 6.35. The lowest BCUT2D eigenvalue weighted by Gasteiger charge is -2.43. The van der Waals surface area contributed by atoms with Gasteiger partial charge in [-0.05, 0) is 80.7 Å². The minimum Gasteiger partial charge on any atom is -0.322 e. The highest BCUT2D eigenvalue weighted by Crippen LogP contribution is 2.36. The summed E-state index contributed by atoms with van der Waals surface area (Å²) < 4.78 is 0. The number of piperazine rings is 1. The summed E-state index contributed by atoms with van der Waals surface area (Å²) in [5, 5.41) is 3.89. The van der Waals surface area contributed by atoms with Crippen LogP contribution in [0, 0.1) is 5.92 Å². The topological polar surface area (TPSA) is 38.8 Å². The largest absolute Gasteiger partial charge is 0.322 e. The average Bonchev–Trinajstić information content (AvgIpc) is 2.92. The molecule has 2 aromatic carbocycles. The summed E-state index contributed by atoms with van der Waals surface area (Å²) in [6.07, 6.45) is 7.95. The highest BCUT2D eigenvalue weighted by Gasteiger charge is 2.31. The van der Waals surface area contributed by atoms with Crippen LogP contribution in [0.3, 0.4) is 0 Å². The van der Waals surface area contributed by atoms with E-state index in [-0.39, 0.29) is 6.03 Å². The van der Waals surface area contributed by atoms with Crippen molar-refractivity contribution in [3.8, 4) is 0 Å². The molecule has 36 heavy (non-hydrogen) atoms. The monoisotopic (exact) mass is 528 g/mol. The third kappa shape index (κ3) is 6.55. The van der Waals surface area contributed by atoms with Gasteiger partial charge in [0.05, 0.1) is 10.0 Å². The SMILES string of the molecule is O=C(Nc1ccc(Cl)c(Cl)c1)N1CCN(C[C@@H]2CCCN(C3CCC(c4ccccc4)CC3)C2)CC1. The number of halogens is 2. The number of carbonyl (C=O) groups excluding carboxylic acids is 1. The van der Waals surface area contributed by atoms with Crippen LogP contribution in [0.4, 0.5) is 10.5 Å². The normalized spacial score (nSPS) is 26.1. The number of hydrogen-bond donors (Lipinski definition) is 1. The molecule has 194 valence electrons. The van der Waals surface area contributed by atoms with Crippen LogP contribution in [0.1, 0.15) is 50.0 Å². The van der Waals surface area contributed by atoms with Gasteiger partial charge < -0.3 is 15.1 Å². The molecule has 1 N–H and O–H groups in total. The molecule has 2 aromatic rings. The quantitative estimate of drug-likeness (QED) is 0.476. The molecule has 0 spiro atoms. The van der Waals surface area contributed by atoms with Gasteiger partial charge in [0.15, 0.2) is 0 Å². The first-order valence-electron chi connectivity index (χ1n) is 13.6. The van der Waals surface area contributed by atoms with Gasteiger partial charge in [-0.15, -0.1) is 0 Å². The molecule has 7 heteroatoms. The van der Waals surface area contributed by atoms with Crippen LogP contribution in [0.2, 0.25) is 10.0 Å². The van der Waals surface area contributed by atoms with E-state index in [0.717, 1.165) is 50.6 Å². The smallest absolute Gasteiger partial charge is 0.321 e. The van der Waals surface area contributed by atoms with Crippen LogP contribution in [0.5, 0.6) is 0 Å². The van der Waals surface area contributed by atoms with E-state index in [1.807, 2.05) is 4.90 Å². The van der Waals surface area contributed by atoms with E-state index in [9.17, 15) is 4.79 Å². The van der Waals surface area contributed by atoms with Crippen LogP contribution >= 0.6 is 23.2 Å². The Morgan fingerprint density at radius 1 is 0.861 bits per heavy atom. The van der Waals surface area contributed by atoms with E-state index in [1.54, 1.807) is 18.2 Å². The number of benzene rings is 2. The molecule has 0 bridgehead atoms. The Balaban J connectivity index is 1.04. The Kier molecular flexibility index (Phi) is 8.74. The highest BCUT2D eigenvalue weighted by atomic mass is 35.5. The molecule has 1 atom stereocenters. The van der Waals surface area contributed by atoms with Gasteiger partial charge >= 0.3 is 6.03 Å². The minimum atomic E-state index is -0.0667. The molecule has 3 fully saturated rings. The lowest BCUT2D eigenvalue weighted by molar-refractivity contribution is 0.0668. The van der Waals surface area contributed by atoms with Crippen LogP contribution in [-0.2, 0) is 0 Å². The van der Waals surface area contributed by atoms with Gasteiger partial charge in [0, 0.05) is 51.0 Å². The van der Waals surface area contributed by atoms with Gasteiger partial charge in [0.1, 0.15) is 0 Å². The van der Waals surface area contributed by atoms with Crippen molar-refractivity contribution in [2.24, 2.45) is 5.92 Å². The molecule has 2 heterocycles. The second kappa shape index (κ2) is 12.2. The van der Waals surface area contributed by atoms with E-state index in [0.29, 0.717) is 15.7 Å². The summed E-state index contributed by atoms with van der Waals surface area (Å²) in [7, 11) is 0.